The molecule has 0 amide bonds. The molecular formula is C12H20N2O10P2S2. The van der Waals surface area contributed by atoms with Gasteiger partial charge in [-0.3, -0.25) is 23.9 Å². The Morgan fingerprint density at radius 1 is 1.29 bits per heavy atom. The molecule has 10 atom stereocenters. The van der Waals surface area contributed by atoms with Gasteiger partial charge in [-0.1, -0.05) is 12.2 Å². The Labute approximate surface area is 170 Å². The second kappa shape index (κ2) is 7.20. The molecule has 12 nitrogen and oxygen atoms in total. The second-order valence-electron chi connectivity index (χ2n) is 6.84. The van der Waals surface area contributed by atoms with Gasteiger partial charge in [0.05, 0.1) is 25.7 Å². The fourth-order valence-electron chi connectivity index (χ4n) is 3.58. The van der Waals surface area contributed by atoms with Crippen molar-refractivity contribution in [3.63, 3.8) is 0 Å². The van der Waals surface area contributed by atoms with Gasteiger partial charge in [0, 0.05) is 0 Å². The normalized spacial score (nSPS) is 56.8. The number of thiol groups is 1. The molecule has 0 aromatic carbocycles. The predicted molar refractivity (Wildman–Crippen MR) is 99.3 cm³/mol. The Morgan fingerprint density at radius 2 is 1.96 bits per heavy atom. The lowest BCUT2D eigenvalue weighted by Gasteiger charge is -2.32. The van der Waals surface area contributed by atoms with E-state index in [0.29, 0.717) is 0 Å². The Kier molecular flexibility index (Phi) is 5.54. The maximum Gasteiger partial charge on any atom is 0.386 e. The molecule has 160 valence electrons. The molecule has 4 N–H and O–H groups in total. The molecule has 4 saturated heterocycles. The minimum atomic E-state index is -3.96. The zero-order chi connectivity index (χ0) is 20.5. The third-order valence-corrected chi connectivity index (χ3v) is 8.20. The van der Waals surface area contributed by atoms with E-state index >= 15 is 0 Å². The summed E-state index contributed by atoms with van der Waals surface area (Å²) in [6.45, 7) is -6.97. The Balaban J connectivity index is 1.60. The largest absolute Gasteiger partial charge is 0.388 e. The summed E-state index contributed by atoms with van der Waals surface area (Å²) in [4.78, 5) is 11.6. The van der Waals surface area contributed by atoms with E-state index in [9.17, 15) is 19.7 Å². The molecule has 4 heterocycles. The third-order valence-electron chi connectivity index (χ3n) is 5.04. The summed E-state index contributed by atoms with van der Waals surface area (Å²) < 4.78 is 45.1. The van der Waals surface area contributed by atoms with Gasteiger partial charge in [0.2, 0.25) is 5.72 Å². The number of nitrogens with one attached hydrogen (secondary N) is 1. The number of aliphatic hydroxyl groups excluding tert-OH is 1. The molecule has 5 unspecified atom stereocenters. The fraction of sp³-hybridized carbons (Fsp3) is 0.917. The zero-order valence-electron chi connectivity index (χ0n) is 14.4. The third kappa shape index (κ3) is 3.62. The smallest absolute Gasteiger partial charge is 0.386 e. The van der Waals surface area contributed by atoms with Crippen LogP contribution in [0.1, 0.15) is 6.92 Å². The molecule has 0 aromatic heterocycles. The topological polar surface area (TPSA) is 160 Å². The highest BCUT2D eigenvalue weighted by Crippen LogP contribution is 2.60. The summed E-state index contributed by atoms with van der Waals surface area (Å²) in [5.41, 5.74) is -1.74. The molecule has 0 radical (unpaired) electrons. The number of ether oxygens (including phenoxy) is 2. The number of fused-ring (bicyclic) bond motifs is 4. The van der Waals surface area contributed by atoms with Gasteiger partial charge in [-0.2, -0.15) is 0 Å². The van der Waals surface area contributed by atoms with E-state index in [-0.39, 0.29) is 13.2 Å². The van der Waals surface area contributed by atoms with Crippen LogP contribution in [0.15, 0.2) is 0 Å². The summed E-state index contributed by atoms with van der Waals surface area (Å²) in [5.74, 6) is 0. The molecule has 0 bridgehead atoms. The van der Waals surface area contributed by atoms with E-state index < -0.39 is 62.1 Å². The van der Waals surface area contributed by atoms with Gasteiger partial charge in [-0.15, -0.1) is 0 Å². The Bertz CT molecular complexity index is 762. The maximum atomic E-state index is 12.6. The van der Waals surface area contributed by atoms with Gasteiger partial charge >= 0.3 is 13.5 Å². The molecule has 4 fully saturated rings. The minimum Gasteiger partial charge on any atom is -0.388 e. The first kappa shape index (κ1) is 21.6. The molecule has 4 rings (SSSR count). The first-order valence-electron chi connectivity index (χ1n) is 8.30. The maximum absolute atomic E-state index is 12.6. The van der Waals surface area contributed by atoms with Crippen LogP contribution in [0.4, 0.5) is 0 Å². The average Bonchev–Trinajstić information content (AvgIpc) is 2.96. The lowest BCUT2D eigenvalue weighted by molar-refractivity contribution is -0.0799. The number of aliphatic hydroxyl groups is 2. The summed E-state index contributed by atoms with van der Waals surface area (Å²) in [6, 6.07) is 0. The van der Waals surface area contributed by atoms with E-state index in [0.717, 1.165) is 11.2 Å². The van der Waals surface area contributed by atoms with Crippen molar-refractivity contribution in [1.29, 1.82) is 5.41 Å². The predicted octanol–water partition coefficient (Wildman–Crippen LogP) is -0.457. The number of rotatable bonds is 1. The van der Waals surface area contributed by atoms with Crippen molar-refractivity contribution >= 4 is 43.9 Å². The van der Waals surface area contributed by atoms with Crippen LogP contribution in [0.5, 0.6) is 0 Å². The summed E-state index contributed by atoms with van der Waals surface area (Å²) in [7, 11) is 0. The average molecular weight is 478 g/mol. The van der Waals surface area contributed by atoms with Crippen molar-refractivity contribution in [3.05, 3.63) is 0 Å². The van der Waals surface area contributed by atoms with Crippen molar-refractivity contribution in [3.8, 4) is 0 Å². The standard InChI is InChI=1S/C12H20N2O10P2S2/c1-5-8(15)9-6(21-5)2-19-26(18,28)24-10-7(3-20-25(17,27)23-9)22-11-12(10,16)14(11)4-13/h4-11,13,15-16H,2-3H2,1H3,(H,17,27)(H,18,28)/t5-,6+,7+,8?,9-,10?,11+,12?,14?,25?,26?/m0/s1. The van der Waals surface area contributed by atoms with Gasteiger partial charge in [-0.25, -0.2) is 4.57 Å². The first-order chi connectivity index (χ1) is 13.0. The molecule has 4 aliphatic heterocycles. The highest BCUT2D eigenvalue weighted by molar-refractivity contribution is 8.44. The molecule has 28 heavy (non-hydrogen) atoms. The zero-order valence-corrected chi connectivity index (χ0v) is 17.9. The molecule has 0 saturated carbocycles. The van der Waals surface area contributed by atoms with E-state index in [1.807, 2.05) is 0 Å². The van der Waals surface area contributed by atoms with Crippen LogP contribution in [0.3, 0.4) is 0 Å². The van der Waals surface area contributed by atoms with Gasteiger partial charge in [-0.05, 0) is 18.7 Å². The van der Waals surface area contributed by atoms with Gasteiger partial charge in [0.15, 0.2) is 6.23 Å². The second-order valence-corrected chi connectivity index (χ2v) is 12.5. The Hall–Kier alpha value is 0.340. The van der Waals surface area contributed by atoms with Crippen molar-refractivity contribution in [1.82, 2.24) is 4.90 Å². The fourth-order valence-corrected chi connectivity index (χ4v) is 6.50. The number of nitrogens with zero attached hydrogens (tertiary/aromatic N) is 1. The number of hydrogen-bond acceptors (Lipinski definition) is 11. The van der Waals surface area contributed by atoms with Gasteiger partial charge < -0.3 is 29.1 Å². The first-order valence-corrected chi connectivity index (χ1v) is 13.6. The summed E-state index contributed by atoms with van der Waals surface area (Å²) in [6.07, 6.45) is -6.10. The van der Waals surface area contributed by atoms with Crippen LogP contribution in [0.25, 0.3) is 0 Å². The monoisotopic (exact) mass is 478 g/mol. The molecular weight excluding hydrogens is 458 g/mol. The van der Waals surface area contributed by atoms with Gasteiger partial charge in [0.25, 0.3) is 0 Å². The Morgan fingerprint density at radius 3 is 2.64 bits per heavy atom. The lowest BCUT2D eigenvalue weighted by Crippen LogP contribution is -2.44. The van der Waals surface area contributed by atoms with Crippen LogP contribution in [0, 0.1) is 5.41 Å². The highest BCUT2D eigenvalue weighted by atomic mass is 32.7. The van der Waals surface area contributed by atoms with Crippen molar-refractivity contribution in [2.45, 2.75) is 55.5 Å². The molecule has 0 aliphatic carbocycles. The summed E-state index contributed by atoms with van der Waals surface area (Å²) in [5, 5.41) is 28.3. The molecule has 4 aliphatic rings. The molecule has 0 spiro atoms. The minimum absolute atomic E-state index is 0.331. The van der Waals surface area contributed by atoms with Crippen LogP contribution in [0.2, 0.25) is 0 Å². The van der Waals surface area contributed by atoms with E-state index in [4.69, 9.17) is 44.8 Å². The lowest BCUT2D eigenvalue weighted by atomic mass is 10.1. The van der Waals surface area contributed by atoms with E-state index in [1.165, 1.54) is 0 Å². The van der Waals surface area contributed by atoms with Crippen molar-refractivity contribution in [2.24, 2.45) is 0 Å². The molecule has 16 heteroatoms. The van der Waals surface area contributed by atoms with Crippen LogP contribution < -0.4 is 0 Å². The van der Waals surface area contributed by atoms with Crippen LogP contribution in [-0.2, 0) is 43.9 Å². The van der Waals surface area contributed by atoms with Crippen molar-refractivity contribution < 1.29 is 47.2 Å². The van der Waals surface area contributed by atoms with Crippen molar-refractivity contribution in [2.75, 3.05) is 13.2 Å². The van der Waals surface area contributed by atoms with Crippen LogP contribution in [-0.4, -0.2) is 88.1 Å². The summed E-state index contributed by atoms with van der Waals surface area (Å²) >= 11 is 8.94. The highest BCUT2D eigenvalue weighted by Gasteiger charge is 2.76. The van der Waals surface area contributed by atoms with Crippen LogP contribution >= 0.6 is 25.8 Å². The van der Waals surface area contributed by atoms with Gasteiger partial charge in [0.1, 0.15) is 30.5 Å². The molecule has 0 aromatic rings. The van der Waals surface area contributed by atoms with E-state index in [1.54, 1.807) is 6.92 Å². The quantitative estimate of drug-likeness (QED) is 0.109. The van der Waals surface area contributed by atoms with E-state index in [2.05, 4.69) is 12.2 Å². The SMILES string of the molecule is C[C@@H]1O[C@@H]2COP(O)(=S)OC3[C@@H](COP(=O)(S)O[C@@H]2C1O)O[C@H]1N(C=N)C31O. The number of hydrogen-bond donors (Lipinski definition) is 5.